The second kappa shape index (κ2) is 7.58. The summed E-state index contributed by atoms with van der Waals surface area (Å²) in [6.07, 6.45) is 0.642. The van der Waals surface area contributed by atoms with E-state index in [1.807, 2.05) is 0 Å². The number of hydrogen-bond donors (Lipinski definition) is 1. The standard InChI is InChI=1S/C17H19FN2O3/c1-12(21)19-10-5-11-20(2)17(22)16-9-8-15(23-16)13-6-3-4-7-14(13)18/h3-4,6-9H,5,10-11H2,1-2H3,(H,19,21). The van der Waals surface area contributed by atoms with Crippen LogP contribution in [-0.2, 0) is 4.79 Å². The minimum atomic E-state index is -0.399. The maximum Gasteiger partial charge on any atom is 0.289 e. The molecule has 0 saturated carbocycles. The van der Waals surface area contributed by atoms with E-state index in [0.717, 1.165) is 0 Å². The zero-order chi connectivity index (χ0) is 16.8. The summed E-state index contributed by atoms with van der Waals surface area (Å²) < 4.78 is 19.2. The Kier molecular flexibility index (Phi) is 5.51. The summed E-state index contributed by atoms with van der Waals surface area (Å²) in [6.45, 7) is 2.43. The Labute approximate surface area is 134 Å². The summed E-state index contributed by atoms with van der Waals surface area (Å²) in [7, 11) is 1.65. The summed E-state index contributed by atoms with van der Waals surface area (Å²) in [4.78, 5) is 24.5. The van der Waals surface area contributed by atoms with Gasteiger partial charge < -0.3 is 14.6 Å². The van der Waals surface area contributed by atoms with E-state index in [0.29, 0.717) is 30.8 Å². The van der Waals surface area contributed by atoms with Crippen LogP contribution in [-0.4, -0.2) is 36.9 Å². The van der Waals surface area contributed by atoms with Gasteiger partial charge in [-0.1, -0.05) is 12.1 Å². The van der Waals surface area contributed by atoms with Gasteiger partial charge in [-0.05, 0) is 30.7 Å². The van der Waals surface area contributed by atoms with Crippen LogP contribution >= 0.6 is 0 Å². The number of benzene rings is 1. The SMILES string of the molecule is CC(=O)NCCCN(C)C(=O)c1ccc(-c2ccccc2F)o1. The predicted octanol–water partition coefficient (Wildman–Crippen LogP) is 2.68. The Morgan fingerprint density at radius 3 is 2.65 bits per heavy atom. The highest BCUT2D eigenvalue weighted by Crippen LogP contribution is 2.25. The van der Waals surface area contributed by atoms with Crippen LogP contribution in [0.2, 0.25) is 0 Å². The monoisotopic (exact) mass is 318 g/mol. The summed E-state index contributed by atoms with van der Waals surface area (Å²) >= 11 is 0. The molecule has 23 heavy (non-hydrogen) atoms. The number of nitrogens with zero attached hydrogens (tertiary/aromatic N) is 1. The number of hydrogen-bond acceptors (Lipinski definition) is 3. The molecule has 0 atom stereocenters. The predicted molar refractivity (Wildman–Crippen MR) is 84.4 cm³/mol. The van der Waals surface area contributed by atoms with Crippen molar-refractivity contribution >= 4 is 11.8 Å². The zero-order valence-corrected chi connectivity index (χ0v) is 13.1. The first kappa shape index (κ1) is 16.7. The second-order valence-electron chi connectivity index (χ2n) is 5.21. The van der Waals surface area contributed by atoms with Gasteiger partial charge in [0.25, 0.3) is 5.91 Å². The summed E-state index contributed by atoms with van der Waals surface area (Å²) in [5.74, 6) is -0.303. The Morgan fingerprint density at radius 1 is 1.22 bits per heavy atom. The molecule has 1 aromatic carbocycles. The minimum Gasteiger partial charge on any atom is -0.451 e. The van der Waals surface area contributed by atoms with E-state index in [2.05, 4.69) is 5.32 Å². The van der Waals surface area contributed by atoms with Crippen molar-refractivity contribution in [3.8, 4) is 11.3 Å². The van der Waals surface area contributed by atoms with E-state index in [1.165, 1.54) is 24.0 Å². The van der Waals surface area contributed by atoms with Gasteiger partial charge in [0.05, 0.1) is 5.56 Å². The van der Waals surface area contributed by atoms with E-state index in [4.69, 9.17) is 4.42 Å². The fourth-order valence-corrected chi connectivity index (χ4v) is 2.13. The molecule has 1 aromatic heterocycles. The third-order valence-electron chi connectivity index (χ3n) is 3.35. The van der Waals surface area contributed by atoms with E-state index >= 15 is 0 Å². The van der Waals surface area contributed by atoms with E-state index < -0.39 is 5.82 Å². The minimum absolute atomic E-state index is 0.0976. The molecule has 0 saturated heterocycles. The molecule has 0 radical (unpaired) electrons. The summed E-state index contributed by atoms with van der Waals surface area (Å²) in [5, 5.41) is 2.67. The molecule has 0 spiro atoms. The third-order valence-corrected chi connectivity index (χ3v) is 3.35. The molecule has 0 aliphatic heterocycles. The molecular formula is C17H19FN2O3. The normalized spacial score (nSPS) is 10.4. The van der Waals surface area contributed by atoms with E-state index in [9.17, 15) is 14.0 Å². The Hall–Kier alpha value is -2.63. The lowest BCUT2D eigenvalue weighted by atomic mass is 10.1. The molecular weight excluding hydrogens is 299 g/mol. The van der Waals surface area contributed by atoms with Gasteiger partial charge in [0, 0.05) is 27.1 Å². The number of halogens is 1. The number of carbonyl (C=O) groups is 2. The molecule has 0 aliphatic rings. The maximum absolute atomic E-state index is 13.7. The number of amides is 2. The molecule has 1 heterocycles. The van der Waals surface area contributed by atoms with Crippen LogP contribution in [0.15, 0.2) is 40.8 Å². The molecule has 0 bridgehead atoms. The van der Waals surface area contributed by atoms with E-state index in [1.54, 1.807) is 31.3 Å². The first-order valence-electron chi connectivity index (χ1n) is 7.33. The first-order chi connectivity index (χ1) is 11.0. The fourth-order valence-electron chi connectivity index (χ4n) is 2.13. The number of carbonyl (C=O) groups excluding carboxylic acids is 2. The van der Waals surface area contributed by atoms with Gasteiger partial charge in [0.1, 0.15) is 11.6 Å². The molecule has 2 amide bonds. The Bertz CT molecular complexity index is 697. The van der Waals surface area contributed by atoms with Crippen molar-refractivity contribution < 1.29 is 18.4 Å². The van der Waals surface area contributed by atoms with Crippen LogP contribution in [0.25, 0.3) is 11.3 Å². The van der Waals surface area contributed by atoms with Crippen LogP contribution in [0.3, 0.4) is 0 Å². The van der Waals surface area contributed by atoms with Crippen LogP contribution in [0.4, 0.5) is 4.39 Å². The van der Waals surface area contributed by atoms with Crippen molar-refractivity contribution in [3.05, 3.63) is 48.0 Å². The van der Waals surface area contributed by atoms with Crippen LogP contribution in [0.1, 0.15) is 23.9 Å². The lowest BCUT2D eigenvalue weighted by Crippen LogP contribution is -2.30. The molecule has 122 valence electrons. The van der Waals surface area contributed by atoms with Gasteiger partial charge in [-0.3, -0.25) is 9.59 Å². The van der Waals surface area contributed by atoms with Gasteiger partial charge in [0.15, 0.2) is 5.76 Å². The van der Waals surface area contributed by atoms with Gasteiger partial charge >= 0.3 is 0 Å². The smallest absolute Gasteiger partial charge is 0.289 e. The fraction of sp³-hybridized carbons (Fsp3) is 0.294. The molecule has 2 aromatic rings. The van der Waals surface area contributed by atoms with Crippen LogP contribution in [0.5, 0.6) is 0 Å². The molecule has 0 aliphatic carbocycles. The van der Waals surface area contributed by atoms with Crippen LogP contribution < -0.4 is 5.32 Å². The highest BCUT2D eigenvalue weighted by molar-refractivity contribution is 5.91. The van der Waals surface area contributed by atoms with Crippen molar-refractivity contribution in [1.29, 1.82) is 0 Å². The topological polar surface area (TPSA) is 62.6 Å². The van der Waals surface area contributed by atoms with Crippen molar-refractivity contribution in [2.75, 3.05) is 20.1 Å². The Morgan fingerprint density at radius 2 is 1.96 bits per heavy atom. The number of nitrogens with one attached hydrogen (secondary N) is 1. The molecule has 2 rings (SSSR count). The summed E-state index contributed by atoms with van der Waals surface area (Å²) in [5.41, 5.74) is 0.319. The second-order valence-corrected chi connectivity index (χ2v) is 5.21. The summed E-state index contributed by atoms with van der Waals surface area (Å²) in [6, 6.07) is 9.35. The van der Waals surface area contributed by atoms with Gasteiger partial charge in [-0.25, -0.2) is 4.39 Å². The lowest BCUT2D eigenvalue weighted by Gasteiger charge is -2.15. The van der Waals surface area contributed by atoms with E-state index in [-0.39, 0.29) is 17.6 Å². The molecule has 5 nitrogen and oxygen atoms in total. The molecule has 6 heteroatoms. The largest absolute Gasteiger partial charge is 0.451 e. The number of furan rings is 1. The van der Waals surface area contributed by atoms with Crippen molar-refractivity contribution in [2.45, 2.75) is 13.3 Å². The van der Waals surface area contributed by atoms with Gasteiger partial charge in [-0.15, -0.1) is 0 Å². The average Bonchev–Trinajstić information content (AvgIpc) is 3.00. The lowest BCUT2D eigenvalue weighted by molar-refractivity contribution is -0.118. The van der Waals surface area contributed by atoms with Crippen molar-refractivity contribution in [1.82, 2.24) is 10.2 Å². The Balaban J connectivity index is 1.98. The third kappa shape index (κ3) is 4.42. The highest BCUT2D eigenvalue weighted by atomic mass is 19.1. The van der Waals surface area contributed by atoms with Crippen molar-refractivity contribution in [3.63, 3.8) is 0 Å². The van der Waals surface area contributed by atoms with Crippen LogP contribution in [0, 0.1) is 5.82 Å². The van der Waals surface area contributed by atoms with Gasteiger partial charge in [-0.2, -0.15) is 0 Å². The zero-order valence-electron chi connectivity index (χ0n) is 13.1. The average molecular weight is 318 g/mol. The highest BCUT2D eigenvalue weighted by Gasteiger charge is 2.17. The van der Waals surface area contributed by atoms with Gasteiger partial charge in [0.2, 0.25) is 5.91 Å². The quantitative estimate of drug-likeness (QED) is 0.833. The molecule has 0 unspecified atom stereocenters. The maximum atomic E-state index is 13.7. The molecule has 0 fully saturated rings. The number of rotatable bonds is 6. The van der Waals surface area contributed by atoms with Crippen molar-refractivity contribution in [2.24, 2.45) is 0 Å². The first-order valence-corrected chi connectivity index (χ1v) is 7.33. The molecule has 1 N–H and O–H groups in total.